The fourth-order valence-electron chi connectivity index (χ4n) is 5.90. The lowest BCUT2D eigenvalue weighted by Crippen LogP contribution is -2.53. The van der Waals surface area contributed by atoms with Crippen LogP contribution in [0.15, 0.2) is 18.2 Å². The molecule has 3 aliphatic rings. The number of ketones is 3. The Morgan fingerprint density at radius 2 is 1.81 bits per heavy atom. The van der Waals surface area contributed by atoms with Gasteiger partial charge in [-0.05, 0) is 13.0 Å². The van der Waals surface area contributed by atoms with Gasteiger partial charge in [-0.1, -0.05) is 12.1 Å². The van der Waals surface area contributed by atoms with Gasteiger partial charge in [-0.25, -0.2) is 0 Å². The second kappa shape index (κ2) is 10.7. The Bertz CT molecular complexity index is 1490. The number of methoxy groups -OCH3 is 1. The molecule has 13 heteroatoms. The number of carbonyl (C=O) groups is 4. The number of hydrogen-bond acceptors (Lipinski definition) is 13. The number of fused-ring (bicyclic) bond motifs is 3. The SMILES string of the molecule is COc1cccc2c1C(=O)c1c(O)c3c(c(O)c1C2=O)C[C@@](O)(C(=O)COC(C)=O)C[C@@H]3OC1CC(N)C(O)C(C)O1. The van der Waals surface area contributed by atoms with Gasteiger partial charge in [-0.15, -0.1) is 0 Å². The van der Waals surface area contributed by atoms with Crippen LogP contribution in [-0.2, 0) is 30.2 Å². The number of hydrogen-bond donors (Lipinski definition) is 5. The van der Waals surface area contributed by atoms with E-state index < -0.39 is 102 Å². The molecule has 6 atom stereocenters. The average molecular weight is 586 g/mol. The number of carbonyl (C=O) groups excluding carboxylic acids is 4. The number of aliphatic hydroxyl groups excluding tert-OH is 1. The normalized spacial score (nSPS) is 28.4. The molecule has 6 N–H and O–H groups in total. The highest BCUT2D eigenvalue weighted by molar-refractivity contribution is 6.31. The van der Waals surface area contributed by atoms with E-state index in [1.54, 1.807) is 6.92 Å². The Morgan fingerprint density at radius 1 is 1.12 bits per heavy atom. The van der Waals surface area contributed by atoms with Crippen LogP contribution < -0.4 is 10.5 Å². The van der Waals surface area contributed by atoms with Crippen LogP contribution in [0.2, 0.25) is 0 Å². The number of Topliss-reactive ketones (excluding diaryl/α,β-unsaturated/α-hetero) is 1. The van der Waals surface area contributed by atoms with Gasteiger partial charge >= 0.3 is 5.97 Å². The fraction of sp³-hybridized carbons (Fsp3) is 0.448. The summed E-state index contributed by atoms with van der Waals surface area (Å²) in [6, 6.07) is 3.59. The molecule has 0 spiro atoms. The molecule has 224 valence electrons. The molecule has 2 aliphatic carbocycles. The van der Waals surface area contributed by atoms with Crippen molar-refractivity contribution in [1.82, 2.24) is 0 Å². The zero-order chi connectivity index (χ0) is 30.7. The third-order valence-corrected chi connectivity index (χ3v) is 8.07. The van der Waals surface area contributed by atoms with Crippen molar-refractivity contribution in [3.63, 3.8) is 0 Å². The van der Waals surface area contributed by atoms with Crippen molar-refractivity contribution in [3.8, 4) is 17.2 Å². The standard InChI is InChI=1S/C29H31NO12/c1-11-24(33)15(30)7-19(41-11)42-17-9-29(38,18(32)10-40-12(2)31)8-14-21(17)28(37)23-22(26(14)35)25(34)13-5-4-6-16(39-3)20(13)27(23)36/h4-6,11,15,17,19,24,33,35,37-38H,7-10,30H2,1-3H3/t11?,15?,17-,19?,24?,29-/m0/s1. The van der Waals surface area contributed by atoms with Gasteiger partial charge in [0.25, 0.3) is 0 Å². The summed E-state index contributed by atoms with van der Waals surface area (Å²) in [6.07, 6.45) is -5.30. The minimum absolute atomic E-state index is 0.00314. The predicted molar refractivity (Wildman–Crippen MR) is 141 cm³/mol. The number of nitrogens with two attached hydrogens (primary N) is 1. The van der Waals surface area contributed by atoms with E-state index in [2.05, 4.69) is 0 Å². The lowest BCUT2D eigenvalue weighted by atomic mass is 9.72. The molecule has 1 heterocycles. The van der Waals surface area contributed by atoms with E-state index in [-0.39, 0.29) is 34.4 Å². The molecular formula is C29H31NO12. The van der Waals surface area contributed by atoms with Crippen LogP contribution in [0.5, 0.6) is 17.2 Å². The fourth-order valence-corrected chi connectivity index (χ4v) is 5.90. The van der Waals surface area contributed by atoms with Crippen LogP contribution in [0.25, 0.3) is 0 Å². The molecule has 13 nitrogen and oxygen atoms in total. The average Bonchev–Trinajstić information content (AvgIpc) is 2.94. The highest BCUT2D eigenvalue weighted by atomic mass is 16.7. The molecular weight excluding hydrogens is 554 g/mol. The van der Waals surface area contributed by atoms with Crippen molar-refractivity contribution >= 4 is 23.3 Å². The van der Waals surface area contributed by atoms with Crippen LogP contribution in [-0.4, -0.2) is 87.6 Å². The second-order valence-corrected chi connectivity index (χ2v) is 10.8. The summed E-state index contributed by atoms with van der Waals surface area (Å²) in [5.41, 5.74) is 2.26. The van der Waals surface area contributed by atoms with Gasteiger partial charge in [0.1, 0.15) is 22.8 Å². The van der Waals surface area contributed by atoms with Gasteiger partial charge in [0.15, 0.2) is 18.7 Å². The zero-order valence-corrected chi connectivity index (χ0v) is 23.1. The molecule has 1 aliphatic heterocycles. The van der Waals surface area contributed by atoms with Gasteiger partial charge in [-0.3, -0.25) is 19.2 Å². The Kier molecular flexibility index (Phi) is 7.58. The quantitative estimate of drug-likeness (QED) is 0.198. The van der Waals surface area contributed by atoms with Crippen molar-refractivity contribution < 1.29 is 58.6 Å². The molecule has 0 bridgehead atoms. The third-order valence-electron chi connectivity index (χ3n) is 8.07. The summed E-state index contributed by atoms with van der Waals surface area (Å²) in [4.78, 5) is 51.8. The molecule has 0 amide bonds. The van der Waals surface area contributed by atoms with Crippen LogP contribution >= 0.6 is 0 Å². The number of ether oxygens (including phenoxy) is 4. The molecule has 2 aromatic carbocycles. The van der Waals surface area contributed by atoms with Crippen LogP contribution in [0.3, 0.4) is 0 Å². The topological polar surface area (TPSA) is 212 Å². The first-order valence-corrected chi connectivity index (χ1v) is 13.3. The zero-order valence-electron chi connectivity index (χ0n) is 23.1. The summed E-state index contributed by atoms with van der Waals surface area (Å²) in [5.74, 6) is -4.57. The monoisotopic (exact) mass is 585 g/mol. The van der Waals surface area contributed by atoms with E-state index in [1.165, 1.54) is 25.3 Å². The van der Waals surface area contributed by atoms with Crippen LogP contribution in [0.4, 0.5) is 0 Å². The first-order valence-electron chi connectivity index (χ1n) is 13.3. The van der Waals surface area contributed by atoms with Gasteiger partial charge in [0, 0.05) is 48.9 Å². The maximum Gasteiger partial charge on any atom is 0.303 e. The lowest BCUT2D eigenvalue weighted by Gasteiger charge is -2.42. The third kappa shape index (κ3) is 4.72. The van der Waals surface area contributed by atoms with Gasteiger partial charge in [-0.2, -0.15) is 0 Å². The largest absolute Gasteiger partial charge is 0.507 e. The van der Waals surface area contributed by atoms with Gasteiger partial charge in [0.05, 0.1) is 42.1 Å². The van der Waals surface area contributed by atoms with E-state index in [4.69, 9.17) is 24.7 Å². The minimum Gasteiger partial charge on any atom is -0.507 e. The molecule has 4 unspecified atom stereocenters. The Labute approximate surface area is 239 Å². The van der Waals surface area contributed by atoms with Crippen molar-refractivity contribution in [3.05, 3.63) is 51.6 Å². The maximum atomic E-state index is 13.7. The van der Waals surface area contributed by atoms with Gasteiger partial charge < -0.3 is 45.1 Å². The predicted octanol–water partition coefficient (Wildman–Crippen LogP) is 0.572. The summed E-state index contributed by atoms with van der Waals surface area (Å²) in [6.45, 7) is 1.87. The van der Waals surface area contributed by atoms with Crippen LogP contribution in [0, 0.1) is 0 Å². The van der Waals surface area contributed by atoms with Crippen LogP contribution in [0.1, 0.15) is 75.8 Å². The minimum atomic E-state index is -2.28. The van der Waals surface area contributed by atoms with Crippen molar-refractivity contribution in [1.29, 1.82) is 0 Å². The van der Waals surface area contributed by atoms with Crippen molar-refractivity contribution in [2.45, 2.75) is 69.4 Å². The number of aliphatic hydroxyl groups is 2. The van der Waals surface area contributed by atoms with Crippen molar-refractivity contribution in [2.75, 3.05) is 13.7 Å². The number of aromatic hydroxyl groups is 2. The molecule has 0 saturated carbocycles. The van der Waals surface area contributed by atoms with E-state index in [0.29, 0.717) is 0 Å². The molecule has 0 radical (unpaired) electrons. The lowest BCUT2D eigenvalue weighted by molar-refractivity contribution is -0.247. The molecule has 0 aromatic heterocycles. The highest BCUT2D eigenvalue weighted by Gasteiger charge is 2.50. The molecule has 42 heavy (non-hydrogen) atoms. The summed E-state index contributed by atoms with van der Waals surface area (Å²) in [5, 5.41) is 44.7. The molecule has 1 fully saturated rings. The Morgan fingerprint density at radius 3 is 2.45 bits per heavy atom. The first-order chi connectivity index (χ1) is 19.8. The van der Waals surface area contributed by atoms with E-state index in [0.717, 1.165) is 6.92 Å². The number of esters is 1. The summed E-state index contributed by atoms with van der Waals surface area (Å²) in [7, 11) is 1.32. The Hall–Kier alpha value is -3.88. The number of rotatable bonds is 6. The molecule has 2 aromatic rings. The number of phenols is 2. The first kappa shape index (κ1) is 29.6. The van der Waals surface area contributed by atoms with E-state index in [9.17, 15) is 39.6 Å². The smallest absolute Gasteiger partial charge is 0.303 e. The second-order valence-electron chi connectivity index (χ2n) is 10.8. The number of benzene rings is 2. The van der Waals surface area contributed by atoms with Crippen molar-refractivity contribution in [2.24, 2.45) is 5.73 Å². The summed E-state index contributed by atoms with van der Waals surface area (Å²) < 4.78 is 21.9. The van der Waals surface area contributed by atoms with E-state index >= 15 is 0 Å². The van der Waals surface area contributed by atoms with Gasteiger partial charge in [0.2, 0.25) is 11.6 Å². The molecule has 5 rings (SSSR count). The maximum absolute atomic E-state index is 13.7. The highest BCUT2D eigenvalue weighted by Crippen LogP contribution is 2.52. The van der Waals surface area contributed by atoms with E-state index in [1.807, 2.05) is 0 Å². The summed E-state index contributed by atoms with van der Waals surface area (Å²) >= 11 is 0. The number of phenolic OH excluding ortho intramolecular Hbond substituents is 2. The Balaban J connectivity index is 1.66. The molecule has 1 saturated heterocycles.